The molecule has 0 aliphatic heterocycles. The van der Waals surface area contributed by atoms with Crippen LogP contribution in [0.15, 0.2) is 24.3 Å². The van der Waals surface area contributed by atoms with E-state index in [2.05, 4.69) is 20.7 Å². The van der Waals surface area contributed by atoms with Crippen LogP contribution < -0.4 is 10.1 Å². The monoisotopic (exact) mass is 354 g/mol. The van der Waals surface area contributed by atoms with Crippen molar-refractivity contribution in [3.8, 4) is 5.88 Å². The van der Waals surface area contributed by atoms with E-state index in [9.17, 15) is 4.79 Å². The summed E-state index contributed by atoms with van der Waals surface area (Å²) in [4.78, 5) is 12.7. The largest absolute Gasteiger partial charge is 0.479 e. The van der Waals surface area contributed by atoms with Gasteiger partial charge in [-0.3, -0.25) is 9.48 Å². The standard InChI is InChI=1S/C18H22N6O2/c1-11-6-8-14(9-7-11)10-24-18(26-5)16(20-22-24)17(25)19-15-12(2)21-23(4)13(15)3/h6-9H,10H2,1-5H3,(H,19,25). The van der Waals surface area contributed by atoms with Crippen molar-refractivity contribution in [1.82, 2.24) is 24.8 Å². The molecular formula is C18H22N6O2. The number of ether oxygens (including phenoxy) is 1. The Balaban J connectivity index is 1.85. The highest BCUT2D eigenvalue weighted by atomic mass is 16.5. The average Bonchev–Trinajstić information content (AvgIpc) is 3.12. The van der Waals surface area contributed by atoms with E-state index in [1.165, 1.54) is 12.7 Å². The van der Waals surface area contributed by atoms with E-state index in [-0.39, 0.29) is 11.6 Å². The first-order valence-corrected chi connectivity index (χ1v) is 8.25. The lowest BCUT2D eigenvalue weighted by Gasteiger charge is -2.08. The average molecular weight is 354 g/mol. The van der Waals surface area contributed by atoms with E-state index < -0.39 is 0 Å². The minimum Gasteiger partial charge on any atom is -0.479 e. The Labute approximate surface area is 151 Å². The number of aryl methyl sites for hydroxylation is 3. The van der Waals surface area contributed by atoms with E-state index in [0.29, 0.717) is 18.1 Å². The number of hydrogen-bond donors (Lipinski definition) is 1. The number of nitrogens with zero attached hydrogens (tertiary/aromatic N) is 5. The molecule has 0 atom stereocenters. The van der Waals surface area contributed by atoms with Crippen LogP contribution in [0.2, 0.25) is 0 Å². The molecule has 1 N–H and O–H groups in total. The van der Waals surface area contributed by atoms with Gasteiger partial charge < -0.3 is 10.1 Å². The SMILES string of the molecule is COc1c(C(=O)Nc2c(C)nn(C)c2C)nnn1Cc1ccc(C)cc1. The molecule has 8 heteroatoms. The molecule has 0 radical (unpaired) electrons. The van der Waals surface area contributed by atoms with Crippen LogP contribution in [-0.2, 0) is 13.6 Å². The second-order valence-corrected chi connectivity index (χ2v) is 6.21. The van der Waals surface area contributed by atoms with Crippen molar-refractivity contribution in [3.63, 3.8) is 0 Å². The summed E-state index contributed by atoms with van der Waals surface area (Å²) in [5, 5.41) is 15.2. The van der Waals surface area contributed by atoms with E-state index >= 15 is 0 Å². The van der Waals surface area contributed by atoms with E-state index in [1.807, 2.05) is 52.1 Å². The molecule has 1 amide bonds. The van der Waals surface area contributed by atoms with Gasteiger partial charge in [-0.05, 0) is 26.3 Å². The summed E-state index contributed by atoms with van der Waals surface area (Å²) in [6.07, 6.45) is 0. The van der Waals surface area contributed by atoms with Gasteiger partial charge in [0.1, 0.15) is 0 Å². The van der Waals surface area contributed by atoms with Gasteiger partial charge in [-0.1, -0.05) is 35.0 Å². The van der Waals surface area contributed by atoms with Crippen molar-refractivity contribution in [2.75, 3.05) is 12.4 Å². The molecule has 26 heavy (non-hydrogen) atoms. The van der Waals surface area contributed by atoms with Crippen LogP contribution in [0.3, 0.4) is 0 Å². The van der Waals surface area contributed by atoms with Crippen LogP contribution in [0, 0.1) is 20.8 Å². The van der Waals surface area contributed by atoms with Crippen molar-refractivity contribution in [2.45, 2.75) is 27.3 Å². The molecule has 0 aliphatic carbocycles. The minimum absolute atomic E-state index is 0.141. The molecule has 8 nitrogen and oxygen atoms in total. The first-order chi connectivity index (χ1) is 12.4. The maximum Gasteiger partial charge on any atom is 0.281 e. The molecule has 0 unspecified atom stereocenters. The molecule has 0 aliphatic rings. The zero-order valence-corrected chi connectivity index (χ0v) is 15.6. The van der Waals surface area contributed by atoms with Crippen molar-refractivity contribution >= 4 is 11.6 Å². The second kappa shape index (κ2) is 6.99. The van der Waals surface area contributed by atoms with Crippen molar-refractivity contribution in [2.24, 2.45) is 7.05 Å². The molecule has 1 aromatic carbocycles. The maximum atomic E-state index is 12.7. The molecule has 3 rings (SSSR count). The molecule has 3 aromatic rings. The fourth-order valence-corrected chi connectivity index (χ4v) is 2.75. The number of nitrogens with one attached hydrogen (secondary N) is 1. The third-order valence-corrected chi connectivity index (χ3v) is 4.30. The molecule has 0 spiro atoms. The number of amides is 1. The Kier molecular flexibility index (Phi) is 4.75. The van der Waals surface area contributed by atoms with Gasteiger partial charge in [0.2, 0.25) is 11.6 Å². The Morgan fingerprint density at radius 1 is 1.19 bits per heavy atom. The molecule has 2 heterocycles. The van der Waals surface area contributed by atoms with Gasteiger partial charge in [-0.2, -0.15) is 5.10 Å². The van der Waals surface area contributed by atoms with Crippen LogP contribution in [0.5, 0.6) is 5.88 Å². The molecule has 136 valence electrons. The molecular weight excluding hydrogens is 332 g/mol. The summed E-state index contributed by atoms with van der Waals surface area (Å²) in [6, 6.07) is 8.08. The number of aromatic nitrogens is 5. The fourth-order valence-electron chi connectivity index (χ4n) is 2.75. The Morgan fingerprint density at radius 2 is 1.88 bits per heavy atom. The van der Waals surface area contributed by atoms with Crippen LogP contribution in [-0.4, -0.2) is 37.8 Å². The number of carbonyl (C=O) groups is 1. The molecule has 2 aromatic heterocycles. The smallest absolute Gasteiger partial charge is 0.281 e. The summed E-state index contributed by atoms with van der Waals surface area (Å²) in [5.74, 6) is -0.0570. The minimum atomic E-state index is -0.379. The summed E-state index contributed by atoms with van der Waals surface area (Å²) < 4.78 is 8.68. The number of hydrogen-bond acceptors (Lipinski definition) is 5. The van der Waals surface area contributed by atoms with Crippen molar-refractivity contribution in [3.05, 3.63) is 52.5 Å². The molecule has 0 saturated carbocycles. The van der Waals surface area contributed by atoms with Gasteiger partial charge in [0.15, 0.2) is 0 Å². The normalized spacial score (nSPS) is 10.8. The van der Waals surface area contributed by atoms with Gasteiger partial charge in [0.25, 0.3) is 5.91 Å². The first-order valence-electron chi connectivity index (χ1n) is 8.25. The number of anilines is 1. The highest BCUT2D eigenvalue weighted by molar-refractivity contribution is 6.04. The topological polar surface area (TPSA) is 86.9 Å². The third kappa shape index (κ3) is 3.30. The van der Waals surface area contributed by atoms with Gasteiger partial charge in [0.05, 0.1) is 30.7 Å². The second-order valence-electron chi connectivity index (χ2n) is 6.21. The predicted molar refractivity (Wildman–Crippen MR) is 97.5 cm³/mol. The predicted octanol–water partition coefficient (Wildman–Crippen LogP) is 2.25. The Bertz CT molecular complexity index is 939. The maximum absolute atomic E-state index is 12.7. The molecule has 0 fully saturated rings. The van der Waals surface area contributed by atoms with Crippen LogP contribution in [0.25, 0.3) is 0 Å². The summed E-state index contributed by atoms with van der Waals surface area (Å²) in [6.45, 7) is 6.23. The summed E-state index contributed by atoms with van der Waals surface area (Å²) in [7, 11) is 3.33. The quantitative estimate of drug-likeness (QED) is 0.759. The zero-order chi connectivity index (χ0) is 18.8. The summed E-state index contributed by atoms with van der Waals surface area (Å²) >= 11 is 0. The highest BCUT2D eigenvalue weighted by Gasteiger charge is 2.23. The van der Waals surface area contributed by atoms with Gasteiger partial charge in [0, 0.05) is 7.05 Å². The molecule has 0 saturated heterocycles. The lowest BCUT2D eigenvalue weighted by Crippen LogP contribution is -2.15. The summed E-state index contributed by atoms with van der Waals surface area (Å²) in [5.41, 5.74) is 4.65. The van der Waals surface area contributed by atoms with Crippen LogP contribution >= 0.6 is 0 Å². The fraction of sp³-hybridized carbons (Fsp3) is 0.333. The zero-order valence-electron chi connectivity index (χ0n) is 15.6. The van der Waals surface area contributed by atoms with E-state index in [0.717, 1.165) is 17.0 Å². The van der Waals surface area contributed by atoms with Gasteiger partial charge in [-0.25, -0.2) is 4.68 Å². The number of carbonyl (C=O) groups excluding carboxylic acids is 1. The van der Waals surface area contributed by atoms with Gasteiger partial charge in [-0.15, -0.1) is 5.10 Å². The number of rotatable bonds is 5. The third-order valence-electron chi connectivity index (χ3n) is 4.30. The van der Waals surface area contributed by atoms with E-state index in [4.69, 9.17) is 4.74 Å². The van der Waals surface area contributed by atoms with Crippen molar-refractivity contribution < 1.29 is 9.53 Å². The number of benzene rings is 1. The molecule has 0 bridgehead atoms. The van der Waals surface area contributed by atoms with Crippen LogP contribution in [0.1, 0.15) is 33.0 Å². The van der Waals surface area contributed by atoms with Gasteiger partial charge >= 0.3 is 0 Å². The number of methoxy groups -OCH3 is 1. The lowest BCUT2D eigenvalue weighted by atomic mass is 10.1. The van der Waals surface area contributed by atoms with Crippen molar-refractivity contribution in [1.29, 1.82) is 0 Å². The Hall–Kier alpha value is -3.16. The first kappa shape index (κ1) is 17.7. The Morgan fingerprint density at radius 3 is 2.46 bits per heavy atom. The van der Waals surface area contributed by atoms with Crippen LogP contribution in [0.4, 0.5) is 5.69 Å². The lowest BCUT2D eigenvalue weighted by molar-refractivity contribution is 0.101. The van der Waals surface area contributed by atoms with E-state index in [1.54, 1.807) is 9.36 Å². The highest BCUT2D eigenvalue weighted by Crippen LogP contribution is 2.22.